The van der Waals surface area contributed by atoms with E-state index in [1.54, 1.807) is 43.2 Å². The predicted molar refractivity (Wildman–Crippen MR) is 113 cm³/mol. The molecule has 0 aliphatic carbocycles. The minimum atomic E-state index is -0.604. The fraction of sp³-hybridized carbons (Fsp3) is 0.391. The first-order chi connectivity index (χ1) is 14.0. The summed E-state index contributed by atoms with van der Waals surface area (Å²) in [7, 11) is 1.59. The van der Waals surface area contributed by atoms with Gasteiger partial charge in [-0.15, -0.1) is 0 Å². The molecule has 0 heterocycles. The number of ether oxygens (including phenoxy) is 2. The normalized spacial score (nSPS) is 11.4. The largest absolute Gasteiger partial charge is 0.497 e. The Hall–Kier alpha value is -3.02. The van der Waals surface area contributed by atoms with Gasteiger partial charge < -0.3 is 19.7 Å². The number of benzene rings is 2. The van der Waals surface area contributed by atoms with Crippen LogP contribution >= 0.6 is 0 Å². The van der Waals surface area contributed by atoms with Gasteiger partial charge in [-0.3, -0.25) is 9.59 Å². The average Bonchev–Trinajstić information content (AvgIpc) is 2.75. The quantitative estimate of drug-likeness (QED) is 0.667. The molecule has 2 aromatic rings. The Balaban J connectivity index is 2.12. The molecular weight excluding hydrogens is 368 g/mol. The number of rotatable bonds is 10. The van der Waals surface area contributed by atoms with Crippen molar-refractivity contribution in [1.82, 2.24) is 10.2 Å². The van der Waals surface area contributed by atoms with Crippen molar-refractivity contribution in [3.8, 4) is 11.5 Å². The van der Waals surface area contributed by atoms with E-state index in [1.807, 2.05) is 38.1 Å². The van der Waals surface area contributed by atoms with E-state index in [-0.39, 0.29) is 18.4 Å². The van der Waals surface area contributed by atoms with Crippen molar-refractivity contribution in [2.24, 2.45) is 0 Å². The molecule has 2 aromatic carbocycles. The Morgan fingerprint density at radius 3 is 2.34 bits per heavy atom. The zero-order chi connectivity index (χ0) is 21.2. The minimum absolute atomic E-state index is 0.149. The fourth-order valence-electron chi connectivity index (χ4n) is 2.85. The van der Waals surface area contributed by atoms with E-state index in [2.05, 4.69) is 5.32 Å². The number of amides is 2. The number of nitrogens with one attached hydrogen (secondary N) is 1. The van der Waals surface area contributed by atoms with E-state index in [0.29, 0.717) is 24.6 Å². The van der Waals surface area contributed by atoms with E-state index in [9.17, 15) is 9.59 Å². The minimum Gasteiger partial charge on any atom is -0.497 e. The van der Waals surface area contributed by atoms with Crippen LogP contribution in [0.2, 0.25) is 0 Å². The summed E-state index contributed by atoms with van der Waals surface area (Å²) < 4.78 is 10.8. The summed E-state index contributed by atoms with van der Waals surface area (Å²) in [4.78, 5) is 27.0. The molecule has 0 aliphatic rings. The van der Waals surface area contributed by atoms with Crippen LogP contribution in [0.1, 0.15) is 31.4 Å². The van der Waals surface area contributed by atoms with Crippen molar-refractivity contribution in [2.75, 3.05) is 20.3 Å². The second kappa shape index (κ2) is 11.1. The number of methoxy groups -OCH3 is 1. The molecule has 6 heteroatoms. The van der Waals surface area contributed by atoms with Crippen LogP contribution in [0.5, 0.6) is 11.5 Å². The van der Waals surface area contributed by atoms with E-state index in [4.69, 9.17) is 9.47 Å². The lowest BCUT2D eigenvalue weighted by Crippen LogP contribution is -2.49. The third-order valence-corrected chi connectivity index (χ3v) is 4.74. The first-order valence-corrected chi connectivity index (χ1v) is 9.84. The first kappa shape index (κ1) is 22.3. The number of carbonyl (C=O) groups excluding carboxylic acids is 2. The van der Waals surface area contributed by atoms with Crippen molar-refractivity contribution >= 4 is 11.8 Å². The van der Waals surface area contributed by atoms with Gasteiger partial charge in [0.2, 0.25) is 5.91 Å². The van der Waals surface area contributed by atoms with Gasteiger partial charge in [-0.1, -0.05) is 31.2 Å². The standard InChI is InChI=1S/C23H30N2O4/c1-5-14-24-23(27)18(3)25(15-19-9-7-6-8-17(19)2)22(26)16-29-21-12-10-20(28-4)11-13-21/h6-13,18H,5,14-16H2,1-4H3,(H,24,27). The van der Waals surface area contributed by atoms with Crippen molar-refractivity contribution < 1.29 is 19.1 Å². The van der Waals surface area contributed by atoms with E-state index < -0.39 is 6.04 Å². The molecular formula is C23H30N2O4. The number of hydrogen-bond acceptors (Lipinski definition) is 4. The van der Waals surface area contributed by atoms with Crippen molar-refractivity contribution in [3.05, 3.63) is 59.7 Å². The van der Waals surface area contributed by atoms with Crippen molar-refractivity contribution in [2.45, 2.75) is 39.8 Å². The maximum atomic E-state index is 13.0. The molecule has 29 heavy (non-hydrogen) atoms. The molecule has 0 saturated carbocycles. The summed E-state index contributed by atoms with van der Waals surface area (Å²) in [5.74, 6) is 0.866. The zero-order valence-electron chi connectivity index (χ0n) is 17.6. The highest BCUT2D eigenvalue weighted by atomic mass is 16.5. The lowest BCUT2D eigenvalue weighted by Gasteiger charge is -2.29. The molecule has 2 rings (SSSR count). The Labute approximate surface area is 172 Å². The summed E-state index contributed by atoms with van der Waals surface area (Å²) in [5.41, 5.74) is 2.07. The molecule has 0 aromatic heterocycles. The van der Waals surface area contributed by atoms with Gasteiger partial charge in [-0.05, 0) is 55.7 Å². The summed E-state index contributed by atoms with van der Waals surface area (Å²) in [5, 5.41) is 2.87. The highest BCUT2D eigenvalue weighted by molar-refractivity contribution is 5.88. The van der Waals surface area contributed by atoms with Gasteiger partial charge in [0.05, 0.1) is 7.11 Å². The van der Waals surface area contributed by atoms with Gasteiger partial charge in [-0.2, -0.15) is 0 Å². The van der Waals surface area contributed by atoms with E-state index in [0.717, 1.165) is 17.5 Å². The maximum absolute atomic E-state index is 13.0. The summed E-state index contributed by atoms with van der Waals surface area (Å²) in [6.07, 6.45) is 0.838. The van der Waals surface area contributed by atoms with Gasteiger partial charge in [-0.25, -0.2) is 0 Å². The smallest absolute Gasteiger partial charge is 0.261 e. The molecule has 0 spiro atoms. The van der Waals surface area contributed by atoms with Gasteiger partial charge in [0, 0.05) is 13.1 Å². The van der Waals surface area contributed by atoms with Crippen LogP contribution < -0.4 is 14.8 Å². The molecule has 156 valence electrons. The zero-order valence-corrected chi connectivity index (χ0v) is 17.6. The molecule has 0 bridgehead atoms. The van der Waals surface area contributed by atoms with Crippen molar-refractivity contribution in [3.63, 3.8) is 0 Å². The number of hydrogen-bond donors (Lipinski definition) is 1. The monoisotopic (exact) mass is 398 g/mol. The lowest BCUT2D eigenvalue weighted by atomic mass is 10.1. The highest BCUT2D eigenvalue weighted by Crippen LogP contribution is 2.18. The second-order valence-electron chi connectivity index (χ2n) is 6.88. The van der Waals surface area contributed by atoms with Crippen LogP contribution in [-0.2, 0) is 16.1 Å². The Morgan fingerprint density at radius 2 is 1.72 bits per heavy atom. The molecule has 1 unspecified atom stereocenters. The highest BCUT2D eigenvalue weighted by Gasteiger charge is 2.26. The number of carbonyl (C=O) groups is 2. The number of nitrogens with zero attached hydrogens (tertiary/aromatic N) is 1. The van der Waals surface area contributed by atoms with Crippen LogP contribution in [0.15, 0.2) is 48.5 Å². The molecule has 0 radical (unpaired) electrons. The summed E-state index contributed by atoms with van der Waals surface area (Å²) in [6.45, 7) is 6.51. The Bertz CT molecular complexity index is 805. The van der Waals surface area contributed by atoms with Gasteiger partial charge in [0.1, 0.15) is 17.5 Å². The lowest BCUT2D eigenvalue weighted by molar-refractivity contribution is -0.142. The Kier molecular flexibility index (Phi) is 8.52. The van der Waals surface area contributed by atoms with Gasteiger partial charge in [0.25, 0.3) is 5.91 Å². The van der Waals surface area contributed by atoms with Crippen LogP contribution in [0, 0.1) is 6.92 Å². The second-order valence-corrected chi connectivity index (χ2v) is 6.88. The molecule has 1 N–H and O–H groups in total. The maximum Gasteiger partial charge on any atom is 0.261 e. The van der Waals surface area contributed by atoms with E-state index >= 15 is 0 Å². The van der Waals surface area contributed by atoms with Crippen LogP contribution in [0.4, 0.5) is 0 Å². The van der Waals surface area contributed by atoms with Crippen LogP contribution in [-0.4, -0.2) is 43.0 Å². The van der Waals surface area contributed by atoms with E-state index in [1.165, 1.54) is 0 Å². The third-order valence-electron chi connectivity index (χ3n) is 4.74. The van der Waals surface area contributed by atoms with Crippen molar-refractivity contribution in [1.29, 1.82) is 0 Å². The van der Waals surface area contributed by atoms with Gasteiger partial charge in [0.15, 0.2) is 6.61 Å². The fourth-order valence-corrected chi connectivity index (χ4v) is 2.85. The molecule has 6 nitrogen and oxygen atoms in total. The molecule has 0 fully saturated rings. The molecule has 1 atom stereocenters. The molecule has 2 amide bonds. The number of aryl methyl sites for hydroxylation is 1. The summed E-state index contributed by atoms with van der Waals surface area (Å²) >= 11 is 0. The molecule has 0 aliphatic heterocycles. The molecule has 0 saturated heterocycles. The Morgan fingerprint density at radius 1 is 1.07 bits per heavy atom. The summed E-state index contributed by atoms with van der Waals surface area (Å²) in [6, 6.07) is 14.3. The topological polar surface area (TPSA) is 67.9 Å². The SMILES string of the molecule is CCCNC(=O)C(C)N(Cc1ccccc1C)C(=O)COc1ccc(OC)cc1. The van der Waals surface area contributed by atoms with Crippen LogP contribution in [0.25, 0.3) is 0 Å². The predicted octanol–water partition coefficient (Wildman–Crippen LogP) is 3.33. The average molecular weight is 399 g/mol. The third kappa shape index (κ3) is 6.52. The first-order valence-electron chi connectivity index (χ1n) is 9.84. The van der Waals surface area contributed by atoms with Crippen LogP contribution in [0.3, 0.4) is 0 Å². The van der Waals surface area contributed by atoms with Gasteiger partial charge >= 0.3 is 0 Å².